The zero-order chi connectivity index (χ0) is 13.5. The minimum atomic E-state index is -0.212. The van der Waals surface area contributed by atoms with Crippen molar-refractivity contribution in [2.45, 2.75) is 33.2 Å². The van der Waals surface area contributed by atoms with Crippen molar-refractivity contribution in [2.75, 3.05) is 26.8 Å². The number of methoxy groups -OCH3 is 1. The lowest BCUT2D eigenvalue weighted by molar-refractivity contribution is -0.135. The molecule has 0 spiro atoms. The Bertz CT molecular complexity index is 376. The summed E-state index contributed by atoms with van der Waals surface area (Å²) in [4.78, 5) is 18.4. The van der Waals surface area contributed by atoms with Gasteiger partial charge < -0.3 is 14.2 Å². The van der Waals surface area contributed by atoms with Gasteiger partial charge in [0.1, 0.15) is 11.9 Å². The Kier molecular flexibility index (Phi) is 5.85. The predicted molar refractivity (Wildman–Crippen MR) is 70.4 cm³/mol. The van der Waals surface area contributed by atoms with Crippen molar-refractivity contribution in [2.24, 2.45) is 0 Å². The second-order valence-corrected chi connectivity index (χ2v) is 4.38. The van der Waals surface area contributed by atoms with Crippen LogP contribution in [0, 0.1) is 6.92 Å². The van der Waals surface area contributed by atoms with Gasteiger partial charge in [-0.1, -0.05) is 6.92 Å². The van der Waals surface area contributed by atoms with Crippen LogP contribution in [0.2, 0.25) is 0 Å². The van der Waals surface area contributed by atoms with Crippen LogP contribution in [0.1, 0.15) is 32.1 Å². The molecule has 1 heterocycles. The Balaban J connectivity index is 2.72. The Morgan fingerprint density at radius 1 is 1.56 bits per heavy atom. The molecule has 1 aromatic heterocycles. The molecule has 18 heavy (non-hydrogen) atoms. The van der Waals surface area contributed by atoms with E-state index in [4.69, 9.17) is 4.74 Å². The van der Waals surface area contributed by atoms with Gasteiger partial charge in [-0.05, 0) is 20.3 Å². The highest BCUT2D eigenvalue weighted by molar-refractivity contribution is 5.80. The number of rotatable bonds is 7. The molecule has 1 atom stereocenters. The van der Waals surface area contributed by atoms with Gasteiger partial charge in [0, 0.05) is 32.6 Å². The molecule has 5 nitrogen and oxygen atoms in total. The van der Waals surface area contributed by atoms with Crippen molar-refractivity contribution in [1.29, 1.82) is 0 Å². The normalized spacial score (nSPS) is 12.4. The third-order valence-corrected chi connectivity index (χ3v) is 3.01. The van der Waals surface area contributed by atoms with Crippen molar-refractivity contribution in [3.8, 4) is 0 Å². The van der Waals surface area contributed by atoms with Gasteiger partial charge in [-0.15, -0.1) is 0 Å². The summed E-state index contributed by atoms with van der Waals surface area (Å²) in [5.41, 5.74) is 0. The molecule has 0 N–H and O–H groups in total. The monoisotopic (exact) mass is 253 g/mol. The number of nitrogens with zero attached hydrogens (tertiary/aromatic N) is 3. The van der Waals surface area contributed by atoms with E-state index in [-0.39, 0.29) is 11.9 Å². The molecule has 1 rings (SSSR count). The standard InChI is InChI=1S/C13H23N3O2/c1-5-7-15(9-10-18-4)13(17)11(2)16-8-6-14-12(16)3/h6,8,11H,5,7,9-10H2,1-4H3/t11-/m1/s1. The third-order valence-electron chi connectivity index (χ3n) is 3.01. The van der Waals surface area contributed by atoms with Crippen molar-refractivity contribution in [3.63, 3.8) is 0 Å². The Hall–Kier alpha value is -1.36. The second-order valence-electron chi connectivity index (χ2n) is 4.38. The molecule has 1 amide bonds. The molecule has 0 saturated heterocycles. The van der Waals surface area contributed by atoms with Crippen LogP contribution in [0.3, 0.4) is 0 Å². The first-order valence-corrected chi connectivity index (χ1v) is 6.39. The maximum Gasteiger partial charge on any atom is 0.245 e. The highest BCUT2D eigenvalue weighted by atomic mass is 16.5. The fourth-order valence-corrected chi connectivity index (χ4v) is 1.98. The largest absolute Gasteiger partial charge is 0.383 e. The van der Waals surface area contributed by atoms with Crippen LogP contribution >= 0.6 is 0 Å². The number of amides is 1. The Morgan fingerprint density at radius 2 is 2.28 bits per heavy atom. The van der Waals surface area contributed by atoms with Crippen molar-refractivity contribution < 1.29 is 9.53 Å². The molecule has 0 aliphatic carbocycles. The fraction of sp³-hybridized carbons (Fsp3) is 0.692. The summed E-state index contributed by atoms with van der Waals surface area (Å²) in [5.74, 6) is 0.981. The van der Waals surface area contributed by atoms with Crippen LogP contribution in [-0.2, 0) is 9.53 Å². The molecule has 1 aromatic rings. The zero-order valence-corrected chi connectivity index (χ0v) is 11.7. The van der Waals surface area contributed by atoms with Crippen LogP contribution < -0.4 is 0 Å². The molecule has 0 aliphatic rings. The minimum absolute atomic E-state index is 0.120. The maximum absolute atomic E-state index is 12.4. The summed E-state index contributed by atoms with van der Waals surface area (Å²) in [6.07, 6.45) is 4.52. The molecule has 0 saturated carbocycles. The highest BCUT2D eigenvalue weighted by Gasteiger charge is 2.21. The number of aryl methyl sites for hydroxylation is 1. The van der Waals surface area contributed by atoms with Gasteiger partial charge in [0.25, 0.3) is 0 Å². The lowest BCUT2D eigenvalue weighted by atomic mass is 10.2. The Labute approximate surface area is 109 Å². The van der Waals surface area contributed by atoms with Crippen molar-refractivity contribution in [1.82, 2.24) is 14.5 Å². The molecule has 0 radical (unpaired) electrons. The number of aromatic nitrogens is 2. The number of carbonyl (C=O) groups is 1. The smallest absolute Gasteiger partial charge is 0.245 e. The first kappa shape index (κ1) is 14.7. The van der Waals surface area contributed by atoms with Gasteiger partial charge in [-0.25, -0.2) is 4.98 Å². The van der Waals surface area contributed by atoms with Crippen molar-refractivity contribution in [3.05, 3.63) is 18.2 Å². The molecular weight excluding hydrogens is 230 g/mol. The zero-order valence-electron chi connectivity index (χ0n) is 11.7. The average Bonchev–Trinajstić information content (AvgIpc) is 2.79. The summed E-state index contributed by atoms with van der Waals surface area (Å²) < 4.78 is 6.95. The van der Waals surface area contributed by atoms with Crippen LogP contribution in [-0.4, -0.2) is 47.2 Å². The summed E-state index contributed by atoms with van der Waals surface area (Å²) >= 11 is 0. The van der Waals surface area contributed by atoms with Gasteiger partial charge >= 0.3 is 0 Å². The van der Waals surface area contributed by atoms with E-state index >= 15 is 0 Å². The van der Waals surface area contributed by atoms with Crippen LogP contribution in [0.15, 0.2) is 12.4 Å². The van der Waals surface area contributed by atoms with Gasteiger partial charge in [0.2, 0.25) is 5.91 Å². The molecule has 5 heteroatoms. The molecular formula is C13H23N3O2. The molecule has 102 valence electrons. The Morgan fingerprint density at radius 3 is 2.78 bits per heavy atom. The summed E-state index contributed by atoms with van der Waals surface area (Å²) in [6, 6.07) is -0.212. The molecule has 0 unspecified atom stereocenters. The minimum Gasteiger partial charge on any atom is -0.383 e. The van der Waals surface area contributed by atoms with E-state index in [1.54, 1.807) is 13.3 Å². The van der Waals surface area contributed by atoms with Crippen LogP contribution in [0.4, 0.5) is 0 Å². The van der Waals surface area contributed by atoms with E-state index in [1.807, 2.05) is 29.5 Å². The van der Waals surface area contributed by atoms with E-state index in [1.165, 1.54) is 0 Å². The van der Waals surface area contributed by atoms with E-state index in [0.717, 1.165) is 18.8 Å². The number of carbonyl (C=O) groups excluding carboxylic acids is 1. The number of hydrogen-bond donors (Lipinski definition) is 0. The van der Waals surface area contributed by atoms with Gasteiger partial charge in [0.05, 0.1) is 6.61 Å². The quantitative estimate of drug-likeness (QED) is 0.742. The second kappa shape index (κ2) is 7.16. The molecule has 0 bridgehead atoms. The van der Waals surface area contributed by atoms with E-state index in [0.29, 0.717) is 13.2 Å². The SMILES string of the molecule is CCCN(CCOC)C(=O)[C@@H](C)n1ccnc1C. The van der Waals surface area contributed by atoms with Gasteiger partial charge in [-0.3, -0.25) is 4.79 Å². The maximum atomic E-state index is 12.4. The summed E-state index contributed by atoms with van der Waals surface area (Å²) in [5, 5.41) is 0. The first-order chi connectivity index (χ1) is 8.61. The van der Waals surface area contributed by atoms with E-state index in [9.17, 15) is 4.79 Å². The number of hydrogen-bond acceptors (Lipinski definition) is 3. The first-order valence-electron chi connectivity index (χ1n) is 6.39. The molecule has 0 fully saturated rings. The molecule has 0 aliphatic heterocycles. The van der Waals surface area contributed by atoms with Crippen molar-refractivity contribution >= 4 is 5.91 Å². The van der Waals surface area contributed by atoms with Gasteiger partial charge in [-0.2, -0.15) is 0 Å². The van der Waals surface area contributed by atoms with E-state index in [2.05, 4.69) is 11.9 Å². The van der Waals surface area contributed by atoms with Crippen LogP contribution in [0.25, 0.3) is 0 Å². The number of ether oxygens (including phenoxy) is 1. The van der Waals surface area contributed by atoms with E-state index < -0.39 is 0 Å². The summed E-state index contributed by atoms with van der Waals surface area (Å²) in [7, 11) is 1.65. The van der Waals surface area contributed by atoms with Crippen LogP contribution in [0.5, 0.6) is 0 Å². The fourth-order valence-electron chi connectivity index (χ4n) is 1.98. The predicted octanol–water partition coefficient (Wildman–Crippen LogP) is 1.64. The third kappa shape index (κ3) is 3.57. The molecule has 0 aromatic carbocycles. The topological polar surface area (TPSA) is 47.4 Å². The summed E-state index contributed by atoms with van der Waals surface area (Å²) in [6.45, 7) is 7.86. The lowest BCUT2D eigenvalue weighted by Crippen LogP contribution is -2.39. The highest BCUT2D eigenvalue weighted by Crippen LogP contribution is 2.12. The lowest BCUT2D eigenvalue weighted by Gasteiger charge is -2.26. The number of imidazole rings is 1. The average molecular weight is 253 g/mol. The van der Waals surface area contributed by atoms with Gasteiger partial charge in [0.15, 0.2) is 0 Å².